The Morgan fingerprint density at radius 2 is 2.04 bits per heavy atom. The van der Waals surface area contributed by atoms with Gasteiger partial charge in [-0.15, -0.1) is 0 Å². The SMILES string of the molecule is CN(C[C@@H]1CCN(c2ccccc2)C1)C(=O)CSc1ccccn1. The summed E-state index contributed by atoms with van der Waals surface area (Å²) in [6, 6.07) is 16.3. The van der Waals surface area contributed by atoms with Crippen LogP contribution in [0.4, 0.5) is 5.69 Å². The van der Waals surface area contributed by atoms with Crippen LogP contribution in [0.25, 0.3) is 0 Å². The van der Waals surface area contributed by atoms with Gasteiger partial charge in [0.1, 0.15) is 0 Å². The molecule has 0 unspecified atom stereocenters. The molecule has 126 valence electrons. The molecule has 0 aliphatic carbocycles. The summed E-state index contributed by atoms with van der Waals surface area (Å²) < 4.78 is 0. The van der Waals surface area contributed by atoms with Gasteiger partial charge in [-0.05, 0) is 36.6 Å². The lowest BCUT2D eigenvalue weighted by Gasteiger charge is -2.22. The fraction of sp³-hybridized carbons (Fsp3) is 0.368. The van der Waals surface area contributed by atoms with Gasteiger partial charge in [0.25, 0.3) is 0 Å². The second-order valence-corrected chi connectivity index (χ2v) is 7.16. The van der Waals surface area contributed by atoms with Gasteiger partial charge in [0.05, 0.1) is 10.8 Å². The van der Waals surface area contributed by atoms with Gasteiger partial charge < -0.3 is 9.80 Å². The third-order valence-corrected chi connectivity index (χ3v) is 5.27. The number of nitrogens with zero attached hydrogens (tertiary/aromatic N) is 3. The predicted molar refractivity (Wildman–Crippen MR) is 99.4 cm³/mol. The number of benzene rings is 1. The van der Waals surface area contributed by atoms with Crippen molar-refractivity contribution in [3.05, 3.63) is 54.7 Å². The number of carbonyl (C=O) groups excluding carboxylic acids is 1. The molecule has 1 amide bonds. The van der Waals surface area contributed by atoms with Gasteiger partial charge in [-0.25, -0.2) is 4.98 Å². The fourth-order valence-corrected chi connectivity index (χ4v) is 3.82. The van der Waals surface area contributed by atoms with E-state index >= 15 is 0 Å². The standard InChI is InChI=1S/C19H23N3OS/c1-21(19(23)15-24-18-9-5-6-11-20-18)13-16-10-12-22(14-16)17-7-3-2-4-8-17/h2-9,11,16H,10,12-15H2,1H3/t16-/m0/s1. The quantitative estimate of drug-likeness (QED) is 0.756. The van der Waals surface area contributed by atoms with E-state index in [-0.39, 0.29) is 5.91 Å². The topological polar surface area (TPSA) is 36.4 Å². The number of anilines is 1. The molecule has 1 atom stereocenters. The average molecular weight is 341 g/mol. The highest BCUT2D eigenvalue weighted by atomic mass is 32.2. The first-order valence-electron chi connectivity index (χ1n) is 8.30. The molecule has 24 heavy (non-hydrogen) atoms. The monoisotopic (exact) mass is 341 g/mol. The molecule has 3 rings (SSSR count). The van der Waals surface area contributed by atoms with Crippen molar-refractivity contribution in [3.63, 3.8) is 0 Å². The van der Waals surface area contributed by atoms with Gasteiger partial charge in [-0.1, -0.05) is 36.0 Å². The van der Waals surface area contributed by atoms with Gasteiger partial charge in [-0.3, -0.25) is 4.79 Å². The highest BCUT2D eigenvalue weighted by Crippen LogP contribution is 2.24. The van der Waals surface area contributed by atoms with Crippen LogP contribution in [0.3, 0.4) is 0 Å². The zero-order valence-corrected chi connectivity index (χ0v) is 14.8. The average Bonchev–Trinajstić information content (AvgIpc) is 3.10. The van der Waals surface area contributed by atoms with Crippen LogP contribution in [0.15, 0.2) is 59.8 Å². The van der Waals surface area contributed by atoms with E-state index in [2.05, 4.69) is 34.1 Å². The number of rotatable bonds is 6. The van der Waals surface area contributed by atoms with Crippen molar-refractivity contribution in [3.8, 4) is 0 Å². The lowest BCUT2D eigenvalue weighted by molar-refractivity contribution is -0.127. The Bertz CT molecular complexity index is 650. The van der Waals surface area contributed by atoms with E-state index < -0.39 is 0 Å². The number of thioether (sulfide) groups is 1. The highest BCUT2D eigenvalue weighted by Gasteiger charge is 2.25. The molecule has 0 N–H and O–H groups in total. The van der Waals surface area contributed by atoms with Crippen molar-refractivity contribution in [2.45, 2.75) is 11.4 Å². The van der Waals surface area contributed by atoms with Crippen LogP contribution in [0, 0.1) is 5.92 Å². The summed E-state index contributed by atoms with van der Waals surface area (Å²) in [6.07, 6.45) is 2.90. The van der Waals surface area contributed by atoms with Crippen LogP contribution < -0.4 is 4.90 Å². The zero-order chi connectivity index (χ0) is 16.8. The molecule has 0 radical (unpaired) electrons. The fourth-order valence-electron chi connectivity index (χ4n) is 3.02. The molecule has 2 aromatic rings. The summed E-state index contributed by atoms with van der Waals surface area (Å²) in [5.74, 6) is 1.16. The first-order valence-corrected chi connectivity index (χ1v) is 9.29. The van der Waals surface area contributed by atoms with Gasteiger partial charge in [0, 0.05) is 38.6 Å². The molecule has 1 fully saturated rings. The van der Waals surface area contributed by atoms with E-state index in [4.69, 9.17) is 0 Å². The van der Waals surface area contributed by atoms with E-state index in [9.17, 15) is 4.79 Å². The van der Waals surface area contributed by atoms with Gasteiger partial charge >= 0.3 is 0 Å². The molecular formula is C19H23N3OS. The molecule has 0 spiro atoms. The van der Waals surface area contributed by atoms with Crippen LogP contribution in [-0.4, -0.2) is 48.2 Å². The summed E-state index contributed by atoms with van der Waals surface area (Å²) in [5.41, 5.74) is 1.28. The largest absolute Gasteiger partial charge is 0.371 e. The minimum Gasteiger partial charge on any atom is -0.371 e. The normalized spacial score (nSPS) is 17.0. The van der Waals surface area contributed by atoms with Crippen molar-refractivity contribution in [1.29, 1.82) is 0 Å². The Labute approximate surface area is 147 Å². The minimum atomic E-state index is 0.170. The summed E-state index contributed by atoms with van der Waals surface area (Å²) >= 11 is 1.50. The second kappa shape index (κ2) is 8.20. The first kappa shape index (κ1) is 16.8. The second-order valence-electron chi connectivity index (χ2n) is 6.17. The van der Waals surface area contributed by atoms with Crippen molar-refractivity contribution in [2.24, 2.45) is 5.92 Å². The summed E-state index contributed by atoms with van der Waals surface area (Å²) in [7, 11) is 1.91. The minimum absolute atomic E-state index is 0.170. The van der Waals surface area contributed by atoms with Gasteiger partial charge in [0.2, 0.25) is 5.91 Å². The zero-order valence-electron chi connectivity index (χ0n) is 14.0. The van der Waals surface area contributed by atoms with E-state index in [1.165, 1.54) is 17.4 Å². The number of carbonyl (C=O) groups is 1. The molecule has 1 aliphatic heterocycles. The molecule has 2 heterocycles. The van der Waals surface area contributed by atoms with E-state index in [1.54, 1.807) is 6.20 Å². The molecule has 1 saturated heterocycles. The number of hydrogen-bond acceptors (Lipinski definition) is 4. The van der Waals surface area contributed by atoms with Crippen LogP contribution in [0.1, 0.15) is 6.42 Å². The Morgan fingerprint density at radius 3 is 2.79 bits per heavy atom. The lowest BCUT2D eigenvalue weighted by Crippen LogP contribution is -2.34. The van der Waals surface area contributed by atoms with Gasteiger partial charge in [0.15, 0.2) is 0 Å². The summed E-state index contributed by atoms with van der Waals surface area (Å²) in [6.45, 7) is 2.92. The van der Waals surface area contributed by atoms with Crippen molar-refractivity contribution < 1.29 is 4.79 Å². The Hall–Kier alpha value is -2.01. The van der Waals surface area contributed by atoms with Crippen molar-refractivity contribution >= 4 is 23.4 Å². The number of aromatic nitrogens is 1. The third-order valence-electron chi connectivity index (χ3n) is 4.35. The Kier molecular flexibility index (Phi) is 5.75. The molecule has 0 saturated carbocycles. The number of amides is 1. The maximum absolute atomic E-state index is 12.3. The first-order chi connectivity index (χ1) is 11.7. The van der Waals surface area contributed by atoms with Crippen molar-refractivity contribution in [1.82, 2.24) is 9.88 Å². The van der Waals surface area contributed by atoms with Gasteiger partial charge in [-0.2, -0.15) is 0 Å². The molecule has 5 heteroatoms. The van der Waals surface area contributed by atoms with Crippen molar-refractivity contribution in [2.75, 3.05) is 37.3 Å². The van der Waals surface area contributed by atoms with Crippen LogP contribution >= 0.6 is 11.8 Å². The molecular weight excluding hydrogens is 318 g/mol. The highest BCUT2D eigenvalue weighted by molar-refractivity contribution is 7.99. The maximum atomic E-state index is 12.3. The number of para-hydroxylation sites is 1. The summed E-state index contributed by atoms with van der Waals surface area (Å²) in [5, 5.41) is 0.898. The van der Waals surface area contributed by atoms with E-state index in [0.717, 1.165) is 31.1 Å². The number of pyridine rings is 1. The van der Waals surface area contributed by atoms with Crippen LogP contribution in [-0.2, 0) is 4.79 Å². The molecule has 1 aliphatic rings. The van der Waals surface area contributed by atoms with Crippen LogP contribution in [0.2, 0.25) is 0 Å². The third kappa shape index (κ3) is 4.51. The predicted octanol–water partition coefficient (Wildman–Crippen LogP) is 3.16. The van der Waals surface area contributed by atoms with E-state index in [0.29, 0.717) is 11.7 Å². The Balaban J connectivity index is 1.45. The number of hydrogen-bond donors (Lipinski definition) is 0. The molecule has 1 aromatic carbocycles. The molecule has 0 bridgehead atoms. The lowest BCUT2D eigenvalue weighted by atomic mass is 10.1. The summed E-state index contributed by atoms with van der Waals surface area (Å²) in [4.78, 5) is 20.8. The smallest absolute Gasteiger partial charge is 0.232 e. The Morgan fingerprint density at radius 1 is 1.25 bits per heavy atom. The molecule has 4 nitrogen and oxygen atoms in total. The maximum Gasteiger partial charge on any atom is 0.232 e. The van der Waals surface area contributed by atoms with E-state index in [1.807, 2.05) is 36.2 Å². The van der Waals surface area contributed by atoms with Crippen LogP contribution in [0.5, 0.6) is 0 Å². The molecule has 1 aromatic heterocycles.